The standard InChI is InChI=1S/C7H15F3O3Si.C3H10O3Si/c1-4-11-14(12-5-2,13-6-3)7(8,9)10;1-4-7(5-2)6-3/h4-6H2,1-3H3;7H,1-3H3. The van der Waals surface area contributed by atoms with Crippen LogP contribution in [0.15, 0.2) is 0 Å². The molecule has 0 aromatic rings. The molecule has 0 aliphatic heterocycles. The van der Waals surface area contributed by atoms with Gasteiger partial charge in [0.1, 0.15) is 0 Å². The topological polar surface area (TPSA) is 55.4 Å². The Hall–Kier alpha value is -0.0162. The molecule has 0 spiro atoms. The van der Waals surface area contributed by atoms with E-state index in [9.17, 15) is 13.2 Å². The summed E-state index contributed by atoms with van der Waals surface area (Å²) in [6, 6.07) is 0. The Labute approximate surface area is 126 Å². The van der Waals surface area contributed by atoms with E-state index in [2.05, 4.69) is 13.3 Å². The summed E-state index contributed by atoms with van der Waals surface area (Å²) in [5.74, 6) is -4.56. The molecule has 0 radical (unpaired) electrons. The highest BCUT2D eigenvalue weighted by Crippen LogP contribution is 2.31. The van der Waals surface area contributed by atoms with Crippen molar-refractivity contribution >= 4 is 18.3 Å². The Kier molecular flexibility index (Phi) is 13.9. The van der Waals surface area contributed by atoms with Crippen molar-refractivity contribution in [3.63, 3.8) is 0 Å². The first kappa shape index (κ1) is 23.3. The molecular weight excluding hydrogens is 329 g/mol. The first-order valence-electron chi connectivity index (χ1n) is 6.35. The van der Waals surface area contributed by atoms with Gasteiger partial charge in [0.25, 0.3) is 0 Å². The second-order valence-corrected chi connectivity index (χ2v) is 7.89. The van der Waals surface area contributed by atoms with E-state index in [0.29, 0.717) is 0 Å². The van der Waals surface area contributed by atoms with Gasteiger partial charge in [0, 0.05) is 41.2 Å². The highest BCUT2D eigenvalue weighted by molar-refractivity contribution is 6.62. The molecule has 6 nitrogen and oxygen atoms in total. The van der Waals surface area contributed by atoms with Crippen molar-refractivity contribution in [3.8, 4) is 0 Å². The summed E-state index contributed by atoms with van der Waals surface area (Å²) < 4.78 is 66.0. The highest BCUT2D eigenvalue weighted by atomic mass is 28.4. The molecular formula is C10H25F3O6Si2. The molecule has 0 saturated carbocycles. The third-order valence-electron chi connectivity index (χ3n) is 1.93. The van der Waals surface area contributed by atoms with E-state index in [-0.39, 0.29) is 19.8 Å². The Morgan fingerprint density at radius 3 is 1.14 bits per heavy atom. The maximum absolute atomic E-state index is 12.6. The van der Waals surface area contributed by atoms with E-state index in [1.165, 1.54) is 20.8 Å². The molecule has 0 aromatic heterocycles. The molecule has 11 heteroatoms. The maximum Gasteiger partial charge on any atom is 0.616 e. The molecule has 0 rings (SSSR count). The molecule has 0 amide bonds. The van der Waals surface area contributed by atoms with Gasteiger partial charge in [-0.15, -0.1) is 0 Å². The summed E-state index contributed by atoms with van der Waals surface area (Å²) in [6.45, 7) is 4.20. The Morgan fingerprint density at radius 2 is 1.05 bits per heavy atom. The lowest BCUT2D eigenvalue weighted by Gasteiger charge is -2.29. The fraction of sp³-hybridized carbons (Fsp3) is 1.00. The van der Waals surface area contributed by atoms with Crippen LogP contribution in [0.25, 0.3) is 0 Å². The van der Waals surface area contributed by atoms with Crippen molar-refractivity contribution < 1.29 is 39.7 Å². The van der Waals surface area contributed by atoms with E-state index in [1.807, 2.05) is 0 Å². The van der Waals surface area contributed by atoms with Gasteiger partial charge in [-0.3, -0.25) is 0 Å². The van der Waals surface area contributed by atoms with E-state index in [1.54, 1.807) is 21.3 Å². The summed E-state index contributed by atoms with van der Waals surface area (Å²) in [7, 11) is -1.45. The number of halogens is 3. The van der Waals surface area contributed by atoms with Gasteiger partial charge in [0.15, 0.2) is 0 Å². The SMILES string of the molecule is CCO[Si](OCC)(OCC)C(F)(F)F.CO[SiH](OC)OC. The van der Waals surface area contributed by atoms with Crippen LogP contribution in [0, 0.1) is 0 Å². The predicted molar refractivity (Wildman–Crippen MR) is 74.9 cm³/mol. The molecule has 0 aliphatic carbocycles. The average Bonchev–Trinajstić information content (AvgIpc) is 2.41. The van der Waals surface area contributed by atoms with Crippen molar-refractivity contribution in [2.24, 2.45) is 0 Å². The van der Waals surface area contributed by atoms with Crippen LogP contribution >= 0.6 is 0 Å². The molecule has 0 unspecified atom stereocenters. The monoisotopic (exact) mass is 354 g/mol. The number of hydrogen-bond acceptors (Lipinski definition) is 6. The minimum atomic E-state index is -4.56. The van der Waals surface area contributed by atoms with Crippen molar-refractivity contribution in [2.45, 2.75) is 26.6 Å². The van der Waals surface area contributed by atoms with Crippen molar-refractivity contribution in [1.29, 1.82) is 0 Å². The Bertz CT molecular complexity index is 219. The number of alkyl halides is 3. The zero-order chi connectivity index (χ0) is 16.9. The van der Waals surface area contributed by atoms with Crippen LogP contribution in [0.3, 0.4) is 0 Å². The lowest BCUT2D eigenvalue weighted by Crippen LogP contribution is -2.59. The zero-order valence-corrected chi connectivity index (χ0v) is 15.4. The summed E-state index contributed by atoms with van der Waals surface area (Å²) in [4.78, 5) is 0. The van der Waals surface area contributed by atoms with Crippen LogP contribution in [-0.4, -0.2) is 65.3 Å². The zero-order valence-electron chi connectivity index (χ0n) is 13.3. The molecule has 130 valence electrons. The van der Waals surface area contributed by atoms with Gasteiger partial charge in [0.2, 0.25) is 0 Å². The van der Waals surface area contributed by atoms with Gasteiger partial charge in [-0.05, 0) is 20.8 Å². The molecule has 0 saturated heterocycles. The third kappa shape index (κ3) is 8.88. The van der Waals surface area contributed by atoms with Crippen LogP contribution < -0.4 is 0 Å². The van der Waals surface area contributed by atoms with E-state index in [4.69, 9.17) is 13.3 Å². The maximum atomic E-state index is 12.6. The van der Waals surface area contributed by atoms with Crippen LogP contribution in [0.2, 0.25) is 0 Å². The fourth-order valence-corrected chi connectivity index (χ4v) is 3.69. The first-order chi connectivity index (χ1) is 9.78. The third-order valence-corrected chi connectivity index (χ3v) is 5.78. The largest absolute Gasteiger partial charge is 0.616 e. The molecule has 0 bridgehead atoms. The summed E-state index contributed by atoms with van der Waals surface area (Å²) in [5, 5.41) is 0. The molecule has 21 heavy (non-hydrogen) atoms. The highest BCUT2D eigenvalue weighted by Gasteiger charge is 2.66. The van der Waals surface area contributed by atoms with Crippen LogP contribution in [0.5, 0.6) is 0 Å². The lowest BCUT2D eigenvalue weighted by atomic mass is 10.9. The number of rotatable bonds is 9. The minimum absolute atomic E-state index is 0.0776. The lowest BCUT2D eigenvalue weighted by molar-refractivity contribution is -0.133. The van der Waals surface area contributed by atoms with Gasteiger partial charge in [0.05, 0.1) is 0 Å². The van der Waals surface area contributed by atoms with Gasteiger partial charge in [-0.25, -0.2) is 0 Å². The second-order valence-electron chi connectivity index (χ2n) is 3.35. The molecule has 0 aromatic carbocycles. The van der Waals surface area contributed by atoms with Gasteiger partial charge < -0.3 is 26.6 Å². The van der Waals surface area contributed by atoms with Crippen molar-refractivity contribution in [1.82, 2.24) is 0 Å². The van der Waals surface area contributed by atoms with Gasteiger partial charge >= 0.3 is 24.1 Å². The van der Waals surface area contributed by atoms with Crippen LogP contribution in [0.4, 0.5) is 13.2 Å². The fourth-order valence-electron chi connectivity index (χ4n) is 1.23. The van der Waals surface area contributed by atoms with E-state index in [0.717, 1.165) is 0 Å². The van der Waals surface area contributed by atoms with E-state index < -0.39 is 24.1 Å². The van der Waals surface area contributed by atoms with Gasteiger partial charge in [-0.1, -0.05) is 0 Å². The molecule has 0 fully saturated rings. The predicted octanol–water partition coefficient (Wildman–Crippen LogP) is 1.78. The van der Waals surface area contributed by atoms with E-state index >= 15 is 0 Å². The van der Waals surface area contributed by atoms with Crippen molar-refractivity contribution in [3.05, 3.63) is 0 Å². The Balaban J connectivity index is 0. The molecule has 0 N–H and O–H groups in total. The molecule has 0 aliphatic rings. The Morgan fingerprint density at radius 1 is 0.762 bits per heavy atom. The average molecular weight is 354 g/mol. The second kappa shape index (κ2) is 12.5. The molecule has 0 atom stereocenters. The summed E-state index contributed by atoms with van der Waals surface area (Å²) >= 11 is 0. The molecule has 0 heterocycles. The van der Waals surface area contributed by atoms with Crippen LogP contribution in [0.1, 0.15) is 20.8 Å². The summed E-state index contributed by atoms with van der Waals surface area (Å²) in [6.07, 6.45) is 0. The number of hydrogen-bond donors (Lipinski definition) is 0. The van der Waals surface area contributed by atoms with Gasteiger partial charge in [-0.2, -0.15) is 13.2 Å². The summed E-state index contributed by atoms with van der Waals surface area (Å²) in [5.41, 5.74) is 0. The first-order valence-corrected chi connectivity index (χ1v) is 9.49. The smallest absolute Gasteiger partial charge is 0.379 e. The van der Waals surface area contributed by atoms with Crippen LogP contribution in [-0.2, 0) is 26.6 Å². The quantitative estimate of drug-likeness (QED) is 0.588. The minimum Gasteiger partial charge on any atom is -0.379 e. The van der Waals surface area contributed by atoms with Crippen molar-refractivity contribution in [2.75, 3.05) is 41.2 Å². The normalized spacial score (nSPS) is 12.3.